The lowest BCUT2D eigenvalue weighted by Gasteiger charge is -2.49. The van der Waals surface area contributed by atoms with Gasteiger partial charge in [0, 0.05) is 10.3 Å². The number of carboxylic acid groups (broad SMARTS) is 1. The first-order chi connectivity index (χ1) is 12.8. The number of thiazole rings is 1. The maximum atomic E-state index is 12.6. The maximum Gasteiger partial charge on any atom is 0.352 e. The van der Waals surface area contributed by atoms with Gasteiger partial charge in [0.15, 0.2) is 10.8 Å². The first-order valence-electron chi connectivity index (χ1n) is 7.52. The molecular formula is C15H15N5O5S2. The number of allylic oxidation sites excluding steroid dienone is 1. The van der Waals surface area contributed by atoms with E-state index in [0.717, 1.165) is 16.2 Å². The number of nitrogens with zero attached hydrogens (tertiary/aromatic N) is 3. The van der Waals surface area contributed by atoms with E-state index in [1.165, 1.54) is 24.3 Å². The molecule has 0 unspecified atom stereocenters. The van der Waals surface area contributed by atoms with Gasteiger partial charge in [-0.15, -0.1) is 11.3 Å². The van der Waals surface area contributed by atoms with Gasteiger partial charge in [-0.2, -0.15) is 0 Å². The number of carbonyl (C=O) groups excluding carboxylic acids is 2. The van der Waals surface area contributed by atoms with E-state index in [4.69, 9.17) is 5.73 Å². The minimum absolute atomic E-state index is 0.127. The van der Waals surface area contributed by atoms with Gasteiger partial charge >= 0.3 is 5.97 Å². The predicted molar refractivity (Wildman–Crippen MR) is 99.7 cm³/mol. The Morgan fingerprint density at radius 1 is 1.52 bits per heavy atom. The van der Waals surface area contributed by atoms with E-state index in [1.54, 1.807) is 6.92 Å². The Hall–Kier alpha value is -2.86. The molecule has 4 N–H and O–H groups in total. The van der Waals surface area contributed by atoms with Crippen molar-refractivity contribution in [2.45, 2.75) is 18.3 Å². The van der Waals surface area contributed by atoms with Crippen molar-refractivity contribution < 1.29 is 24.3 Å². The average molecular weight is 409 g/mol. The van der Waals surface area contributed by atoms with E-state index < -0.39 is 29.2 Å². The number of amides is 2. The summed E-state index contributed by atoms with van der Waals surface area (Å²) in [6.45, 7) is 5.41. The molecule has 12 heteroatoms. The minimum atomic E-state index is -1.23. The van der Waals surface area contributed by atoms with Crippen LogP contribution in [0.5, 0.6) is 0 Å². The summed E-state index contributed by atoms with van der Waals surface area (Å²) < 4.78 is 0. The zero-order chi connectivity index (χ0) is 19.9. The second kappa shape index (κ2) is 7.04. The van der Waals surface area contributed by atoms with Gasteiger partial charge in [0.1, 0.15) is 29.9 Å². The van der Waals surface area contributed by atoms with Crippen molar-refractivity contribution in [2.75, 3.05) is 12.8 Å². The third kappa shape index (κ3) is 3.17. The smallest absolute Gasteiger partial charge is 0.352 e. The van der Waals surface area contributed by atoms with E-state index >= 15 is 0 Å². The number of carbonyl (C=O) groups is 3. The summed E-state index contributed by atoms with van der Waals surface area (Å²) in [4.78, 5) is 46.9. The number of aromatic nitrogens is 1. The van der Waals surface area contributed by atoms with Gasteiger partial charge < -0.3 is 21.0 Å². The Bertz CT molecular complexity index is 921. The van der Waals surface area contributed by atoms with Crippen LogP contribution < -0.4 is 11.1 Å². The van der Waals surface area contributed by atoms with Crippen LogP contribution in [0.2, 0.25) is 0 Å². The third-order valence-corrected chi connectivity index (χ3v) is 5.96. The van der Waals surface area contributed by atoms with Crippen LogP contribution in [0.1, 0.15) is 12.6 Å². The summed E-state index contributed by atoms with van der Waals surface area (Å²) in [5, 5.41) is 16.8. The highest BCUT2D eigenvalue weighted by atomic mass is 32.2. The molecule has 0 spiro atoms. The van der Waals surface area contributed by atoms with Gasteiger partial charge in [0.05, 0.1) is 0 Å². The number of β-lactam (4-membered cyclic amide) rings is 1. The van der Waals surface area contributed by atoms with Crippen molar-refractivity contribution in [2.24, 2.45) is 5.16 Å². The highest BCUT2D eigenvalue weighted by molar-refractivity contribution is 8.04. The first-order valence-corrected chi connectivity index (χ1v) is 9.28. The summed E-state index contributed by atoms with van der Waals surface area (Å²) in [5.41, 5.74) is 5.94. The predicted octanol–water partition coefficient (Wildman–Crippen LogP) is 0.348. The Labute approximate surface area is 161 Å². The Balaban J connectivity index is 1.82. The molecule has 2 atom stereocenters. The lowest BCUT2D eigenvalue weighted by Crippen LogP contribution is -2.70. The van der Waals surface area contributed by atoms with Crippen LogP contribution in [0.4, 0.5) is 5.13 Å². The fraction of sp³-hybridized carbons (Fsp3) is 0.267. The molecule has 1 fully saturated rings. The van der Waals surface area contributed by atoms with Gasteiger partial charge in [-0.1, -0.05) is 23.5 Å². The zero-order valence-electron chi connectivity index (χ0n) is 14.3. The number of thioether (sulfide) groups is 1. The summed E-state index contributed by atoms with van der Waals surface area (Å²) >= 11 is 2.34. The molecule has 1 aromatic heterocycles. The fourth-order valence-electron chi connectivity index (χ4n) is 2.67. The number of nitrogens with two attached hydrogens (primary N) is 1. The maximum absolute atomic E-state index is 12.6. The quantitative estimate of drug-likeness (QED) is 0.358. The highest BCUT2D eigenvalue weighted by Crippen LogP contribution is 2.45. The van der Waals surface area contributed by atoms with E-state index in [1.807, 2.05) is 0 Å². The largest absolute Gasteiger partial charge is 0.477 e. The van der Waals surface area contributed by atoms with Gasteiger partial charge in [0.25, 0.3) is 11.8 Å². The van der Waals surface area contributed by atoms with Crippen LogP contribution in [0.25, 0.3) is 0 Å². The van der Waals surface area contributed by atoms with Gasteiger partial charge in [-0.25, -0.2) is 9.78 Å². The van der Waals surface area contributed by atoms with Crippen molar-refractivity contribution in [1.82, 2.24) is 15.2 Å². The fourth-order valence-corrected chi connectivity index (χ4v) is 4.42. The van der Waals surface area contributed by atoms with Crippen molar-refractivity contribution >= 4 is 51.7 Å². The number of hydrogen-bond acceptors (Lipinski definition) is 9. The zero-order valence-corrected chi connectivity index (χ0v) is 15.9. The Kier molecular flexibility index (Phi) is 4.93. The standard InChI is InChI=1S/C15H15N5O5S2/c1-5-6(2)27-13-9(12(22)20(13)10(5)14(23)24)18-11(21)8(19-25-3)7-4-26-15(16)17-7/h4,9,13H,2H2,1,3H3,(H2,16,17)(H,18,21)(H,23,24)/t9-,13-/m1/s1. The number of hydrogen-bond donors (Lipinski definition) is 3. The molecule has 2 aliphatic heterocycles. The van der Waals surface area contributed by atoms with Gasteiger partial charge in [-0.05, 0) is 12.5 Å². The molecule has 3 rings (SSSR count). The molecule has 1 saturated heterocycles. The monoisotopic (exact) mass is 409 g/mol. The van der Waals surface area contributed by atoms with E-state index in [-0.39, 0.29) is 22.2 Å². The van der Waals surface area contributed by atoms with Crippen molar-refractivity contribution in [3.05, 3.63) is 33.8 Å². The Morgan fingerprint density at radius 2 is 2.22 bits per heavy atom. The number of oxime groups is 1. The van der Waals surface area contributed by atoms with Crippen molar-refractivity contribution in [3.8, 4) is 0 Å². The van der Waals surface area contributed by atoms with E-state index in [2.05, 4.69) is 26.9 Å². The first kappa shape index (κ1) is 18.9. The van der Waals surface area contributed by atoms with E-state index in [9.17, 15) is 19.5 Å². The lowest BCUT2D eigenvalue weighted by molar-refractivity contribution is -0.150. The van der Waals surface area contributed by atoms with Crippen LogP contribution in [0.3, 0.4) is 0 Å². The second-order valence-electron chi connectivity index (χ2n) is 5.56. The molecule has 3 heterocycles. The topological polar surface area (TPSA) is 147 Å². The summed E-state index contributed by atoms with van der Waals surface area (Å²) in [6, 6.07) is -0.931. The summed E-state index contributed by atoms with van der Waals surface area (Å²) in [5.74, 6) is -2.44. The SMILES string of the molecule is C=C1S[C@@H]2[C@H](NC(=O)C(=NOC)c3csc(N)n3)C(=O)N2C(C(=O)O)=C1C. The normalized spacial score (nSPS) is 22.3. The molecule has 2 amide bonds. The molecule has 1 aromatic rings. The highest BCUT2D eigenvalue weighted by Gasteiger charge is 2.54. The van der Waals surface area contributed by atoms with Crippen molar-refractivity contribution in [1.29, 1.82) is 0 Å². The van der Waals surface area contributed by atoms with Gasteiger partial charge in [0.2, 0.25) is 0 Å². The minimum Gasteiger partial charge on any atom is -0.477 e. The van der Waals surface area contributed by atoms with Crippen molar-refractivity contribution in [3.63, 3.8) is 0 Å². The van der Waals surface area contributed by atoms with Crippen LogP contribution >= 0.6 is 23.1 Å². The summed E-state index contributed by atoms with van der Waals surface area (Å²) in [6.07, 6.45) is 0. The number of nitrogen functional groups attached to an aromatic ring is 1. The van der Waals surface area contributed by atoms with Crippen LogP contribution in [0, 0.1) is 0 Å². The number of rotatable bonds is 5. The molecule has 0 saturated carbocycles. The molecule has 10 nitrogen and oxygen atoms in total. The van der Waals surface area contributed by atoms with Gasteiger partial charge in [-0.3, -0.25) is 14.5 Å². The molecule has 0 bridgehead atoms. The molecular weight excluding hydrogens is 394 g/mol. The molecule has 2 aliphatic rings. The summed E-state index contributed by atoms with van der Waals surface area (Å²) in [7, 11) is 1.27. The molecule has 142 valence electrons. The van der Waals surface area contributed by atoms with Crippen LogP contribution in [-0.2, 0) is 19.2 Å². The van der Waals surface area contributed by atoms with Crippen LogP contribution in [0.15, 0.2) is 33.3 Å². The molecule has 0 aliphatic carbocycles. The number of nitrogens with one attached hydrogen (secondary N) is 1. The second-order valence-corrected chi connectivity index (χ2v) is 7.66. The average Bonchev–Trinajstić information content (AvgIpc) is 3.05. The Morgan fingerprint density at radius 3 is 2.78 bits per heavy atom. The lowest BCUT2D eigenvalue weighted by atomic mass is 10.0. The number of carboxylic acids is 1. The van der Waals surface area contributed by atoms with Crippen LogP contribution in [-0.4, -0.2) is 57.0 Å². The third-order valence-electron chi connectivity index (χ3n) is 3.97. The number of anilines is 1. The van der Waals surface area contributed by atoms with E-state index in [0.29, 0.717) is 10.5 Å². The number of fused-ring (bicyclic) bond motifs is 1. The molecule has 0 aromatic carbocycles. The molecule has 0 radical (unpaired) electrons. The molecule has 27 heavy (non-hydrogen) atoms. The number of aliphatic carboxylic acids is 1.